The van der Waals surface area contributed by atoms with Crippen LogP contribution in [0, 0.1) is 0 Å². The molecule has 0 saturated carbocycles. The molecule has 3 heterocycles. The number of nitrogens with zero attached hydrogens (tertiary/aromatic N) is 3. The molecule has 0 radical (unpaired) electrons. The lowest BCUT2D eigenvalue weighted by Crippen LogP contribution is -2.36. The van der Waals surface area contributed by atoms with Gasteiger partial charge in [-0.2, -0.15) is 0 Å². The highest BCUT2D eigenvalue weighted by molar-refractivity contribution is 7.20. The van der Waals surface area contributed by atoms with Crippen molar-refractivity contribution in [3.63, 3.8) is 0 Å². The third kappa shape index (κ3) is 2.20. The Labute approximate surface area is 126 Å². The van der Waals surface area contributed by atoms with Crippen molar-refractivity contribution in [3.05, 3.63) is 43.4 Å². The molecule has 9 heteroatoms. The van der Waals surface area contributed by atoms with Crippen LogP contribution in [0.4, 0.5) is 5.13 Å². The zero-order valence-electron chi connectivity index (χ0n) is 11.1. The molecule has 0 aromatic carbocycles. The average molecular weight is 322 g/mol. The van der Waals surface area contributed by atoms with Gasteiger partial charge in [-0.3, -0.25) is 24.0 Å². The lowest BCUT2D eigenvalue weighted by molar-refractivity contribution is 0.103. The van der Waals surface area contributed by atoms with Gasteiger partial charge in [-0.15, -0.1) is 22.7 Å². The molecular formula is C12H10N4O3S2. The first-order chi connectivity index (χ1) is 9.99. The topological polar surface area (TPSA) is 86.0 Å². The highest BCUT2D eigenvalue weighted by Gasteiger charge is 2.17. The van der Waals surface area contributed by atoms with Gasteiger partial charge in [0.2, 0.25) is 0 Å². The summed E-state index contributed by atoms with van der Waals surface area (Å²) in [4.78, 5) is 40.9. The number of thiophene rings is 1. The zero-order chi connectivity index (χ0) is 15.1. The highest BCUT2D eigenvalue weighted by Crippen LogP contribution is 2.23. The summed E-state index contributed by atoms with van der Waals surface area (Å²) < 4.78 is 2.39. The van der Waals surface area contributed by atoms with E-state index in [0.717, 1.165) is 15.9 Å². The van der Waals surface area contributed by atoms with Crippen molar-refractivity contribution in [3.8, 4) is 0 Å². The Hall–Kier alpha value is -2.26. The van der Waals surface area contributed by atoms with Gasteiger partial charge in [0.1, 0.15) is 4.83 Å². The zero-order valence-corrected chi connectivity index (χ0v) is 12.7. The van der Waals surface area contributed by atoms with E-state index in [1.165, 1.54) is 29.0 Å². The van der Waals surface area contributed by atoms with Crippen molar-refractivity contribution in [2.75, 3.05) is 5.32 Å². The van der Waals surface area contributed by atoms with Gasteiger partial charge < -0.3 is 0 Å². The second-order valence-electron chi connectivity index (χ2n) is 4.33. The van der Waals surface area contributed by atoms with E-state index in [4.69, 9.17) is 0 Å². The van der Waals surface area contributed by atoms with Gasteiger partial charge in [-0.1, -0.05) is 0 Å². The van der Waals surface area contributed by atoms with Gasteiger partial charge >= 0.3 is 5.69 Å². The third-order valence-corrected chi connectivity index (χ3v) is 4.90. The first kappa shape index (κ1) is 13.7. The number of hydrogen-bond acceptors (Lipinski definition) is 6. The van der Waals surface area contributed by atoms with Crippen LogP contribution in [-0.2, 0) is 14.1 Å². The van der Waals surface area contributed by atoms with Gasteiger partial charge in [0, 0.05) is 25.7 Å². The second kappa shape index (κ2) is 4.93. The predicted molar refractivity (Wildman–Crippen MR) is 82.4 cm³/mol. The minimum atomic E-state index is -0.416. The van der Waals surface area contributed by atoms with Gasteiger partial charge in [0.05, 0.1) is 10.3 Å². The van der Waals surface area contributed by atoms with Crippen molar-refractivity contribution in [2.24, 2.45) is 14.1 Å². The number of fused-ring (bicyclic) bond motifs is 1. The summed E-state index contributed by atoms with van der Waals surface area (Å²) in [6.07, 6.45) is 1.59. The SMILES string of the molecule is Cn1c(=O)c2cc(C(=O)Nc3nccs3)sc2n(C)c1=O. The number of nitrogens with one attached hydrogen (secondary N) is 1. The number of aryl methyl sites for hydroxylation is 1. The standard InChI is InChI=1S/C12H10N4O3S2/c1-15-9(18)6-5-7(21-10(6)16(2)12(15)19)8(17)14-11-13-3-4-20-11/h3-5H,1-2H3,(H,13,14,17). The van der Waals surface area contributed by atoms with E-state index in [-0.39, 0.29) is 5.91 Å². The molecule has 0 aliphatic rings. The second-order valence-corrected chi connectivity index (χ2v) is 6.25. The summed E-state index contributed by atoms with van der Waals surface area (Å²) in [6.45, 7) is 0. The first-order valence-corrected chi connectivity index (χ1v) is 7.59. The number of carbonyl (C=O) groups is 1. The van der Waals surface area contributed by atoms with E-state index in [1.807, 2.05) is 0 Å². The fourth-order valence-electron chi connectivity index (χ4n) is 1.92. The number of thiazole rings is 1. The van der Waals surface area contributed by atoms with Crippen LogP contribution < -0.4 is 16.6 Å². The molecule has 0 fully saturated rings. The van der Waals surface area contributed by atoms with E-state index in [0.29, 0.717) is 20.2 Å². The molecule has 3 aromatic rings. The van der Waals surface area contributed by atoms with Crippen LogP contribution in [0.2, 0.25) is 0 Å². The maximum atomic E-state index is 12.1. The molecule has 1 amide bonds. The minimum absolute atomic E-state index is 0.347. The molecule has 0 spiro atoms. The van der Waals surface area contributed by atoms with E-state index < -0.39 is 11.2 Å². The molecule has 0 aliphatic carbocycles. The summed E-state index contributed by atoms with van der Waals surface area (Å²) in [7, 11) is 2.99. The molecule has 0 aliphatic heterocycles. The maximum Gasteiger partial charge on any atom is 0.331 e. The number of carbonyl (C=O) groups excluding carboxylic acids is 1. The Morgan fingerprint density at radius 2 is 2.05 bits per heavy atom. The highest BCUT2D eigenvalue weighted by atomic mass is 32.1. The molecule has 0 bridgehead atoms. The van der Waals surface area contributed by atoms with E-state index >= 15 is 0 Å². The van der Waals surface area contributed by atoms with Gasteiger partial charge in [-0.05, 0) is 6.07 Å². The number of rotatable bonds is 2. The van der Waals surface area contributed by atoms with Crippen molar-refractivity contribution >= 4 is 43.9 Å². The Bertz CT molecular complexity index is 949. The van der Waals surface area contributed by atoms with Gasteiger partial charge in [0.25, 0.3) is 11.5 Å². The Morgan fingerprint density at radius 3 is 2.71 bits per heavy atom. The van der Waals surface area contributed by atoms with Gasteiger partial charge in [0.15, 0.2) is 5.13 Å². The molecule has 1 N–H and O–H groups in total. The van der Waals surface area contributed by atoms with E-state index in [9.17, 15) is 14.4 Å². The molecule has 108 valence electrons. The molecule has 3 aromatic heterocycles. The monoisotopic (exact) mass is 322 g/mol. The molecule has 3 rings (SSSR count). The van der Waals surface area contributed by atoms with Crippen LogP contribution >= 0.6 is 22.7 Å². The van der Waals surface area contributed by atoms with Crippen LogP contribution in [0.1, 0.15) is 9.67 Å². The van der Waals surface area contributed by atoms with Crippen LogP contribution in [0.3, 0.4) is 0 Å². The largest absolute Gasteiger partial charge is 0.331 e. The lowest BCUT2D eigenvalue weighted by Gasteiger charge is -2.01. The Balaban J connectivity index is 2.12. The lowest BCUT2D eigenvalue weighted by atomic mass is 10.3. The number of hydrogen-bond donors (Lipinski definition) is 1. The fraction of sp³-hybridized carbons (Fsp3) is 0.167. The third-order valence-electron chi connectivity index (χ3n) is 3.00. The summed E-state index contributed by atoms with van der Waals surface area (Å²) >= 11 is 2.41. The molecule has 7 nitrogen and oxygen atoms in total. The quantitative estimate of drug-likeness (QED) is 0.763. The summed E-state index contributed by atoms with van der Waals surface area (Å²) in [5, 5.41) is 5.24. The van der Waals surface area contributed by atoms with Crippen LogP contribution in [0.15, 0.2) is 27.2 Å². The minimum Gasteiger partial charge on any atom is -0.297 e. The molecule has 0 atom stereocenters. The van der Waals surface area contributed by atoms with Crippen molar-refractivity contribution in [2.45, 2.75) is 0 Å². The molecule has 21 heavy (non-hydrogen) atoms. The molecule has 0 unspecified atom stereocenters. The smallest absolute Gasteiger partial charge is 0.297 e. The van der Waals surface area contributed by atoms with E-state index in [1.54, 1.807) is 18.6 Å². The van der Waals surface area contributed by atoms with Crippen molar-refractivity contribution in [1.82, 2.24) is 14.1 Å². The maximum absolute atomic E-state index is 12.1. The van der Waals surface area contributed by atoms with Gasteiger partial charge in [-0.25, -0.2) is 9.78 Å². The first-order valence-electron chi connectivity index (χ1n) is 5.89. The molecular weight excluding hydrogens is 312 g/mol. The Kier molecular flexibility index (Phi) is 3.22. The predicted octanol–water partition coefficient (Wildman–Crippen LogP) is 1.01. The number of amides is 1. The van der Waals surface area contributed by atoms with Crippen molar-refractivity contribution < 1.29 is 4.79 Å². The van der Waals surface area contributed by atoms with Crippen LogP contribution in [0.5, 0.6) is 0 Å². The summed E-state index contributed by atoms with van der Waals surface area (Å²) in [6, 6.07) is 1.50. The number of anilines is 1. The van der Waals surface area contributed by atoms with Crippen LogP contribution in [0.25, 0.3) is 10.2 Å². The average Bonchev–Trinajstić information content (AvgIpc) is 3.11. The molecule has 0 saturated heterocycles. The summed E-state index contributed by atoms with van der Waals surface area (Å²) in [5.41, 5.74) is -0.820. The summed E-state index contributed by atoms with van der Waals surface area (Å²) in [5.74, 6) is -0.347. The number of aromatic nitrogens is 3. The fourth-order valence-corrected chi connectivity index (χ4v) is 3.44. The van der Waals surface area contributed by atoms with E-state index in [2.05, 4.69) is 10.3 Å². The normalized spacial score (nSPS) is 11.0. The van der Waals surface area contributed by atoms with Crippen molar-refractivity contribution in [1.29, 1.82) is 0 Å². The van der Waals surface area contributed by atoms with Crippen LogP contribution in [-0.4, -0.2) is 20.0 Å². The Morgan fingerprint density at radius 1 is 1.29 bits per heavy atom.